The lowest BCUT2D eigenvalue weighted by molar-refractivity contribution is 0.0506. The minimum atomic E-state index is -0.325. The highest BCUT2D eigenvalue weighted by molar-refractivity contribution is 5.97. The van der Waals surface area contributed by atoms with Crippen LogP contribution in [0.15, 0.2) is 60.7 Å². The smallest absolute Gasteiger partial charge is 0.338 e. The van der Waals surface area contributed by atoms with Crippen LogP contribution >= 0.6 is 0 Å². The zero-order valence-electron chi connectivity index (χ0n) is 15.0. The van der Waals surface area contributed by atoms with Crippen molar-refractivity contribution in [1.82, 2.24) is 9.78 Å². The highest BCUT2D eigenvalue weighted by Gasteiger charge is 2.18. The van der Waals surface area contributed by atoms with Gasteiger partial charge in [-0.15, -0.1) is 0 Å². The van der Waals surface area contributed by atoms with Gasteiger partial charge in [-0.1, -0.05) is 55.5 Å². The zero-order valence-corrected chi connectivity index (χ0v) is 15.0. The Morgan fingerprint density at radius 2 is 1.81 bits per heavy atom. The van der Waals surface area contributed by atoms with Gasteiger partial charge in [-0.3, -0.25) is 0 Å². The van der Waals surface area contributed by atoms with E-state index >= 15 is 0 Å². The van der Waals surface area contributed by atoms with E-state index in [4.69, 9.17) is 9.47 Å². The van der Waals surface area contributed by atoms with E-state index < -0.39 is 0 Å². The Morgan fingerprint density at radius 3 is 2.54 bits per heavy atom. The first-order valence-electron chi connectivity index (χ1n) is 8.63. The van der Waals surface area contributed by atoms with Crippen molar-refractivity contribution in [3.8, 4) is 22.5 Å². The van der Waals surface area contributed by atoms with Crippen molar-refractivity contribution >= 4 is 5.97 Å². The first kappa shape index (κ1) is 17.9. The molecule has 0 atom stereocenters. The van der Waals surface area contributed by atoms with Gasteiger partial charge in [0.15, 0.2) is 0 Å². The van der Waals surface area contributed by atoms with Crippen LogP contribution in [0, 0.1) is 0 Å². The van der Waals surface area contributed by atoms with Gasteiger partial charge in [0.25, 0.3) is 0 Å². The molecule has 0 aliphatic rings. The first-order chi connectivity index (χ1) is 12.7. The Balaban J connectivity index is 2.06. The predicted molar refractivity (Wildman–Crippen MR) is 101 cm³/mol. The summed E-state index contributed by atoms with van der Waals surface area (Å²) < 4.78 is 12.4. The molecule has 0 aliphatic heterocycles. The Hall–Kier alpha value is -2.92. The topological polar surface area (TPSA) is 53.3 Å². The van der Waals surface area contributed by atoms with Crippen molar-refractivity contribution in [1.29, 1.82) is 0 Å². The van der Waals surface area contributed by atoms with Crippen molar-refractivity contribution in [2.45, 2.75) is 20.1 Å². The molecule has 0 aliphatic carbocycles. The fourth-order valence-corrected chi connectivity index (χ4v) is 2.76. The molecule has 1 aromatic heterocycles. The van der Waals surface area contributed by atoms with E-state index in [1.165, 1.54) is 0 Å². The van der Waals surface area contributed by atoms with Gasteiger partial charge in [0, 0.05) is 18.2 Å². The molecular formula is C21H22N2O3. The number of esters is 1. The predicted octanol–water partition coefficient (Wildman–Crippen LogP) is 4.39. The fourth-order valence-electron chi connectivity index (χ4n) is 2.76. The molecule has 134 valence electrons. The zero-order chi connectivity index (χ0) is 18.4. The summed E-state index contributed by atoms with van der Waals surface area (Å²) in [4.78, 5) is 12.5. The van der Waals surface area contributed by atoms with Gasteiger partial charge in [0.1, 0.15) is 6.73 Å². The molecule has 5 nitrogen and oxygen atoms in total. The number of rotatable bonds is 7. The van der Waals surface area contributed by atoms with Gasteiger partial charge in [0.05, 0.1) is 23.6 Å². The summed E-state index contributed by atoms with van der Waals surface area (Å²) in [5.41, 5.74) is 3.96. The van der Waals surface area contributed by atoms with Crippen LogP contribution in [0.4, 0.5) is 0 Å². The van der Waals surface area contributed by atoms with E-state index in [1.807, 2.05) is 61.5 Å². The second kappa shape index (κ2) is 8.45. The van der Waals surface area contributed by atoms with Gasteiger partial charge < -0.3 is 9.47 Å². The number of nitrogens with zero attached hydrogens (tertiary/aromatic N) is 2. The molecule has 2 aromatic carbocycles. The molecule has 26 heavy (non-hydrogen) atoms. The Labute approximate surface area is 153 Å². The maximum atomic E-state index is 12.5. The number of methoxy groups -OCH3 is 1. The number of hydrogen-bond donors (Lipinski definition) is 0. The average Bonchev–Trinajstić information content (AvgIpc) is 3.11. The Kier molecular flexibility index (Phi) is 5.81. The lowest BCUT2D eigenvalue weighted by Gasteiger charge is -2.11. The van der Waals surface area contributed by atoms with E-state index in [-0.39, 0.29) is 5.97 Å². The second-order valence-electron chi connectivity index (χ2n) is 5.88. The summed E-state index contributed by atoms with van der Waals surface area (Å²) in [7, 11) is 1.62. The summed E-state index contributed by atoms with van der Waals surface area (Å²) in [6.07, 6.45) is 0.785. The van der Waals surface area contributed by atoms with Crippen molar-refractivity contribution in [3.63, 3.8) is 0 Å². The molecule has 3 rings (SSSR count). The quantitative estimate of drug-likeness (QED) is 0.593. The molecule has 0 fully saturated rings. The molecule has 1 heterocycles. The summed E-state index contributed by atoms with van der Waals surface area (Å²) >= 11 is 0. The number of carbonyl (C=O) groups excluding carboxylic acids is 1. The third-order valence-electron chi connectivity index (χ3n) is 3.96. The van der Waals surface area contributed by atoms with E-state index in [0.29, 0.717) is 18.9 Å². The second-order valence-corrected chi connectivity index (χ2v) is 5.88. The van der Waals surface area contributed by atoms with Crippen LogP contribution in [0.2, 0.25) is 0 Å². The number of benzene rings is 2. The minimum absolute atomic E-state index is 0.292. The van der Waals surface area contributed by atoms with Crippen LogP contribution < -0.4 is 0 Å². The summed E-state index contributed by atoms with van der Waals surface area (Å²) in [5.74, 6) is -0.325. The standard InChI is InChI=1S/C21H22N2O3/c1-3-13-26-21(24)18-12-8-7-11-17(18)20-14-19(22-23(20)15-25-2)16-9-5-4-6-10-16/h4-12,14H,3,13,15H2,1-2H3. The Morgan fingerprint density at radius 1 is 1.08 bits per heavy atom. The first-order valence-corrected chi connectivity index (χ1v) is 8.63. The number of hydrogen-bond acceptors (Lipinski definition) is 4. The molecule has 5 heteroatoms. The molecule has 0 saturated carbocycles. The largest absolute Gasteiger partial charge is 0.462 e. The number of ether oxygens (including phenoxy) is 2. The van der Waals surface area contributed by atoms with Crippen molar-refractivity contribution in [2.75, 3.05) is 13.7 Å². The van der Waals surface area contributed by atoms with Crippen LogP contribution in [0.5, 0.6) is 0 Å². The summed E-state index contributed by atoms with van der Waals surface area (Å²) in [6, 6.07) is 19.3. The fraction of sp³-hybridized carbons (Fsp3) is 0.238. The van der Waals surface area contributed by atoms with Gasteiger partial charge in [-0.25, -0.2) is 9.48 Å². The van der Waals surface area contributed by atoms with Crippen LogP contribution in [-0.4, -0.2) is 29.5 Å². The number of carbonyl (C=O) groups is 1. The molecule has 0 unspecified atom stereocenters. The summed E-state index contributed by atoms with van der Waals surface area (Å²) in [6.45, 7) is 2.67. The van der Waals surface area contributed by atoms with Gasteiger partial charge in [-0.05, 0) is 18.6 Å². The van der Waals surface area contributed by atoms with E-state index in [9.17, 15) is 4.79 Å². The third-order valence-corrected chi connectivity index (χ3v) is 3.96. The normalized spacial score (nSPS) is 10.7. The molecule has 0 bridgehead atoms. The molecule has 0 N–H and O–H groups in total. The minimum Gasteiger partial charge on any atom is -0.462 e. The molecule has 0 radical (unpaired) electrons. The van der Waals surface area contributed by atoms with Crippen LogP contribution in [-0.2, 0) is 16.2 Å². The van der Waals surface area contributed by atoms with Crippen LogP contribution in [0.3, 0.4) is 0 Å². The van der Waals surface area contributed by atoms with Gasteiger partial charge in [-0.2, -0.15) is 5.10 Å². The van der Waals surface area contributed by atoms with E-state index in [1.54, 1.807) is 17.9 Å². The maximum absolute atomic E-state index is 12.5. The van der Waals surface area contributed by atoms with Gasteiger partial charge in [0.2, 0.25) is 0 Å². The Bertz CT molecular complexity index is 872. The molecular weight excluding hydrogens is 328 g/mol. The monoisotopic (exact) mass is 350 g/mol. The van der Waals surface area contributed by atoms with Crippen molar-refractivity contribution in [2.24, 2.45) is 0 Å². The lowest BCUT2D eigenvalue weighted by atomic mass is 10.0. The highest BCUT2D eigenvalue weighted by Crippen LogP contribution is 2.29. The van der Waals surface area contributed by atoms with Crippen LogP contribution in [0.1, 0.15) is 23.7 Å². The van der Waals surface area contributed by atoms with E-state index in [2.05, 4.69) is 5.10 Å². The van der Waals surface area contributed by atoms with Crippen molar-refractivity contribution in [3.05, 3.63) is 66.2 Å². The van der Waals surface area contributed by atoms with Crippen molar-refractivity contribution < 1.29 is 14.3 Å². The molecule has 0 saturated heterocycles. The lowest BCUT2D eigenvalue weighted by Crippen LogP contribution is -2.10. The summed E-state index contributed by atoms with van der Waals surface area (Å²) in [5, 5.41) is 4.65. The SMILES string of the molecule is CCCOC(=O)c1ccccc1-c1cc(-c2ccccc2)nn1COC. The van der Waals surface area contributed by atoms with E-state index in [0.717, 1.165) is 28.9 Å². The third kappa shape index (κ3) is 3.83. The highest BCUT2D eigenvalue weighted by atomic mass is 16.5. The molecule has 0 amide bonds. The average molecular weight is 350 g/mol. The number of aromatic nitrogens is 2. The van der Waals surface area contributed by atoms with Gasteiger partial charge >= 0.3 is 5.97 Å². The molecule has 0 spiro atoms. The molecule has 3 aromatic rings. The maximum Gasteiger partial charge on any atom is 0.338 e. The van der Waals surface area contributed by atoms with Crippen LogP contribution in [0.25, 0.3) is 22.5 Å².